The summed E-state index contributed by atoms with van der Waals surface area (Å²) in [4.78, 5) is 10.7. The van der Waals surface area contributed by atoms with Gasteiger partial charge in [0.2, 0.25) is 0 Å². The van der Waals surface area contributed by atoms with Gasteiger partial charge in [-0.3, -0.25) is 0 Å². The quantitative estimate of drug-likeness (QED) is 0.852. The van der Waals surface area contributed by atoms with Gasteiger partial charge in [-0.25, -0.2) is 9.18 Å². The van der Waals surface area contributed by atoms with Crippen LogP contribution >= 0.6 is 15.9 Å². The van der Waals surface area contributed by atoms with Crippen molar-refractivity contribution in [2.45, 2.75) is 5.33 Å². The number of rotatable bonds is 3. The molecule has 0 bridgehead atoms. The van der Waals surface area contributed by atoms with E-state index in [2.05, 4.69) is 15.9 Å². The Morgan fingerprint density at radius 1 is 1.64 bits per heavy atom. The molecule has 0 fully saturated rings. The van der Waals surface area contributed by atoms with Crippen molar-refractivity contribution < 1.29 is 19.0 Å². The number of hydrogen-bond acceptors (Lipinski definition) is 2. The van der Waals surface area contributed by atoms with Gasteiger partial charge in [-0.05, 0) is 11.6 Å². The minimum absolute atomic E-state index is 0.0275. The van der Waals surface area contributed by atoms with Crippen LogP contribution in [0.1, 0.15) is 15.9 Å². The molecule has 76 valence electrons. The lowest BCUT2D eigenvalue weighted by atomic mass is 10.1. The highest BCUT2D eigenvalue weighted by Gasteiger charge is 2.14. The molecule has 0 aliphatic carbocycles. The molecule has 14 heavy (non-hydrogen) atoms. The normalized spacial score (nSPS) is 9.93. The second-order valence-corrected chi connectivity index (χ2v) is 3.14. The number of aromatic carboxylic acids is 1. The molecular formula is C9H8BrFO3. The van der Waals surface area contributed by atoms with Gasteiger partial charge in [-0.1, -0.05) is 15.9 Å². The standard InChI is InChI=1S/C9H8BrFO3/c1-14-8-3-7(11)5(4-10)2-6(8)9(12)13/h2-3H,4H2,1H3,(H,12,13). The van der Waals surface area contributed by atoms with Crippen LogP contribution < -0.4 is 4.74 Å². The van der Waals surface area contributed by atoms with E-state index in [1.807, 2.05) is 0 Å². The van der Waals surface area contributed by atoms with Crippen LogP contribution in [0.5, 0.6) is 5.75 Å². The first-order chi connectivity index (χ1) is 6.60. The maximum Gasteiger partial charge on any atom is 0.339 e. The number of carboxylic acids is 1. The molecule has 0 unspecified atom stereocenters. The summed E-state index contributed by atoms with van der Waals surface area (Å²) < 4.78 is 17.9. The van der Waals surface area contributed by atoms with Gasteiger partial charge in [0.05, 0.1) is 7.11 Å². The van der Waals surface area contributed by atoms with E-state index in [-0.39, 0.29) is 16.6 Å². The number of halogens is 2. The molecule has 0 atom stereocenters. The van der Waals surface area contributed by atoms with Crippen LogP contribution in [0.25, 0.3) is 0 Å². The minimum atomic E-state index is -1.14. The van der Waals surface area contributed by atoms with E-state index in [0.717, 1.165) is 6.07 Å². The van der Waals surface area contributed by atoms with Crippen molar-refractivity contribution in [3.8, 4) is 5.75 Å². The van der Waals surface area contributed by atoms with Gasteiger partial charge >= 0.3 is 5.97 Å². The van der Waals surface area contributed by atoms with Crippen LogP contribution in [0.15, 0.2) is 12.1 Å². The summed E-state index contributed by atoms with van der Waals surface area (Å²) >= 11 is 3.06. The van der Waals surface area contributed by atoms with Crippen LogP contribution in [-0.2, 0) is 5.33 Å². The minimum Gasteiger partial charge on any atom is -0.496 e. The van der Waals surface area contributed by atoms with Crippen LogP contribution in [0.4, 0.5) is 4.39 Å². The fourth-order valence-corrected chi connectivity index (χ4v) is 1.47. The third-order valence-electron chi connectivity index (χ3n) is 1.74. The van der Waals surface area contributed by atoms with E-state index in [9.17, 15) is 9.18 Å². The number of alkyl halides is 1. The van der Waals surface area contributed by atoms with E-state index in [0.29, 0.717) is 5.56 Å². The number of methoxy groups -OCH3 is 1. The topological polar surface area (TPSA) is 46.5 Å². The van der Waals surface area contributed by atoms with E-state index in [1.54, 1.807) is 0 Å². The van der Waals surface area contributed by atoms with Crippen molar-refractivity contribution in [3.05, 3.63) is 29.1 Å². The highest BCUT2D eigenvalue weighted by molar-refractivity contribution is 9.08. The van der Waals surface area contributed by atoms with E-state index < -0.39 is 11.8 Å². The Bertz CT molecular complexity index is 365. The molecule has 0 amide bonds. The number of ether oxygens (including phenoxy) is 1. The van der Waals surface area contributed by atoms with Crippen molar-refractivity contribution in [2.24, 2.45) is 0 Å². The fraction of sp³-hybridized carbons (Fsp3) is 0.222. The summed E-state index contributed by atoms with van der Waals surface area (Å²) in [6.07, 6.45) is 0. The Hall–Kier alpha value is -1.10. The van der Waals surface area contributed by atoms with Crippen molar-refractivity contribution >= 4 is 21.9 Å². The highest BCUT2D eigenvalue weighted by Crippen LogP contribution is 2.24. The maximum absolute atomic E-state index is 13.2. The van der Waals surface area contributed by atoms with Crippen LogP contribution in [0.3, 0.4) is 0 Å². The van der Waals surface area contributed by atoms with Gasteiger partial charge in [0.1, 0.15) is 17.1 Å². The Balaban J connectivity index is 3.32. The molecule has 1 aromatic rings. The zero-order valence-corrected chi connectivity index (χ0v) is 8.97. The van der Waals surface area contributed by atoms with Crippen LogP contribution in [-0.4, -0.2) is 18.2 Å². The molecule has 1 aromatic carbocycles. The molecule has 5 heteroatoms. The zero-order valence-electron chi connectivity index (χ0n) is 7.38. The largest absolute Gasteiger partial charge is 0.496 e. The third-order valence-corrected chi connectivity index (χ3v) is 2.35. The molecule has 0 heterocycles. The summed E-state index contributed by atoms with van der Waals surface area (Å²) in [6.45, 7) is 0. The smallest absolute Gasteiger partial charge is 0.339 e. The van der Waals surface area contributed by atoms with E-state index in [4.69, 9.17) is 9.84 Å². The lowest BCUT2D eigenvalue weighted by molar-refractivity contribution is 0.0693. The van der Waals surface area contributed by atoms with Crippen molar-refractivity contribution in [2.75, 3.05) is 7.11 Å². The lowest BCUT2D eigenvalue weighted by Gasteiger charge is -2.07. The maximum atomic E-state index is 13.2. The second kappa shape index (κ2) is 4.41. The van der Waals surface area contributed by atoms with Gasteiger partial charge in [0.15, 0.2) is 0 Å². The summed E-state index contributed by atoms with van der Waals surface area (Å²) in [7, 11) is 1.30. The van der Waals surface area contributed by atoms with Crippen LogP contribution in [0, 0.1) is 5.82 Å². The van der Waals surface area contributed by atoms with E-state index in [1.165, 1.54) is 13.2 Å². The Morgan fingerprint density at radius 2 is 2.29 bits per heavy atom. The van der Waals surface area contributed by atoms with Crippen molar-refractivity contribution in [1.29, 1.82) is 0 Å². The first kappa shape index (κ1) is 11.0. The fourth-order valence-electron chi connectivity index (χ4n) is 1.04. The average molecular weight is 263 g/mol. The van der Waals surface area contributed by atoms with Gasteiger partial charge < -0.3 is 9.84 Å². The Kier molecular flexibility index (Phi) is 3.46. The number of hydrogen-bond donors (Lipinski definition) is 1. The van der Waals surface area contributed by atoms with Crippen LogP contribution in [0.2, 0.25) is 0 Å². The van der Waals surface area contributed by atoms with Gasteiger partial charge in [0, 0.05) is 11.4 Å². The van der Waals surface area contributed by atoms with E-state index >= 15 is 0 Å². The molecule has 0 saturated heterocycles. The predicted octanol–water partition coefficient (Wildman–Crippen LogP) is 2.43. The SMILES string of the molecule is COc1cc(F)c(CBr)cc1C(=O)O. The highest BCUT2D eigenvalue weighted by atomic mass is 79.9. The lowest BCUT2D eigenvalue weighted by Crippen LogP contribution is -2.03. The molecule has 0 aliphatic heterocycles. The Morgan fingerprint density at radius 3 is 2.71 bits per heavy atom. The van der Waals surface area contributed by atoms with Crippen molar-refractivity contribution in [1.82, 2.24) is 0 Å². The molecule has 3 nitrogen and oxygen atoms in total. The van der Waals surface area contributed by atoms with Gasteiger partial charge in [0.25, 0.3) is 0 Å². The molecule has 1 rings (SSSR count). The second-order valence-electron chi connectivity index (χ2n) is 2.58. The summed E-state index contributed by atoms with van der Waals surface area (Å²) in [5.41, 5.74) is 0.256. The molecule has 0 spiro atoms. The molecule has 1 N–H and O–H groups in total. The predicted molar refractivity (Wildman–Crippen MR) is 52.5 cm³/mol. The number of carboxylic acid groups (broad SMARTS) is 1. The van der Waals surface area contributed by atoms with Gasteiger partial charge in [-0.15, -0.1) is 0 Å². The molecular weight excluding hydrogens is 255 g/mol. The average Bonchev–Trinajstić information content (AvgIpc) is 2.16. The molecule has 0 radical (unpaired) electrons. The summed E-state index contributed by atoms with van der Waals surface area (Å²) in [6, 6.07) is 2.32. The summed E-state index contributed by atoms with van der Waals surface area (Å²) in [5.74, 6) is -1.59. The Labute approximate surface area is 88.6 Å². The summed E-state index contributed by atoms with van der Waals surface area (Å²) in [5, 5.41) is 9.06. The first-order valence-electron chi connectivity index (χ1n) is 3.75. The van der Waals surface area contributed by atoms with Gasteiger partial charge in [-0.2, -0.15) is 0 Å². The molecule has 0 saturated carbocycles. The molecule has 0 aromatic heterocycles. The number of benzene rings is 1. The zero-order chi connectivity index (χ0) is 10.7. The molecule has 0 aliphatic rings. The monoisotopic (exact) mass is 262 g/mol. The van der Waals surface area contributed by atoms with Crippen molar-refractivity contribution in [3.63, 3.8) is 0 Å². The third kappa shape index (κ3) is 2.04. The number of carbonyl (C=O) groups is 1. The first-order valence-corrected chi connectivity index (χ1v) is 4.88.